The number of benzene rings is 2. The monoisotopic (exact) mass is 281 g/mol. The Kier molecular flexibility index (Phi) is 3.32. The molecule has 1 heterocycles. The first-order valence-electron chi connectivity index (χ1n) is 8.03. The van der Waals surface area contributed by atoms with E-state index in [-0.39, 0.29) is 0 Å². The molecular formula is C18H23N3. The first-order chi connectivity index (χ1) is 10.3. The first kappa shape index (κ1) is 13.1. The van der Waals surface area contributed by atoms with Crippen LogP contribution in [0.25, 0.3) is 10.8 Å². The molecule has 2 aromatic rings. The Morgan fingerprint density at radius 3 is 2.29 bits per heavy atom. The summed E-state index contributed by atoms with van der Waals surface area (Å²) in [6.07, 6.45) is 2.83. The van der Waals surface area contributed by atoms with Crippen molar-refractivity contribution in [3.63, 3.8) is 0 Å². The van der Waals surface area contributed by atoms with Crippen molar-refractivity contribution >= 4 is 16.5 Å². The molecule has 0 aromatic heterocycles. The normalized spacial score (nSPS) is 21.0. The zero-order valence-corrected chi connectivity index (χ0v) is 12.5. The standard InChI is InChI=1S/C18H23N3/c19-18-12-15-4-2-1-3-14(15)11-16(18)13-20-7-9-21(10-8-20)17-5-6-17/h1-4,11-12,17H,5-10,13,19H2. The molecule has 1 aliphatic heterocycles. The van der Waals surface area contributed by atoms with Crippen LogP contribution >= 0.6 is 0 Å². The molecule has 0 unspecified atom stereocenters. The fourth-order valence-corrected chi connectivity index (χ4v) is 3.41. The molecular weight excluding hydrogens is 258 g/mol. The second kappa shape index (κ2) is 5.32. The Labute approximate surface area is 126 Å². The highest BCUT2D eigenvalue weighted by Crippen LogP contribution is 2.28. The number of hydrogen-bond acceptors (Lipinski definition) is 3. The summed E-state index contributed by atoms with van der Waals surface area (Å²) in [5.41, 5.74) is 8.45. The lowest BCUT2D eigenvalue weighted by Crippen LogP contribution is -2.46. The number of rotatable bonds is 3. The number of hydrogen-bond donors (Lipinski definition) is 1. The molecule has 0 atom stereocenters. The highest BCUT2D eigenvalue weighted by atomic mass is 15.3. The highest BCUT2D eigenvalue weighted by molar-refractivity contribution is 5.86. The number of piperazine rings is 1. The van der Waals surface area contributed by atoms with Crippen molar-refractivity contribution in [2.75, 3.05) is 31.9 Å². The van der Waals surface area contributed by atoms with E-state index in [2.05, 4.69) is 46.2 Å². The van der Waals surface area contributed by atoms with E-state index in [1.165, 1.54) is 55.4 Å². The Morgan fingerprint density at radius 1 is 0.952 bits per heavy atom. The first-order valence-corrected chi connectivity index (χ1v) is 8.03. The molecule has 1 aliphatic carbocycles. The van der Waals surface area contributed by atoms with E-state index in [1.807, 2.05) is 0 Å². The van der Waals surface area contributed by atoms with Crippen LogP contribution in [0.1, 0.15) is 18.4 Å². The molecule has 2 fully saturated rings. The molecule has 1 saturated heterocycles. The van der Waals surface area contributed by atoms with Crippen LogP contribution < -0.4 is 5.73 Å². The third-order valence-electron chi connectivity index (χ3n) is 4.87. The molecule has 0 bridgehead atoms. The van der Waals surface area contributed by atoms with Crippen molar-refractivity contribution in [1.29, 1.82) is 0 Å². The average molecular weight is 281 g/mol. The fraction of sp³-hybridized carbons (Fsp3) is 0.444. The van der Waals surface area contributed by atoms with Gasteiger partial charge in [-0.1, -0.05) is 24.3 Å². The van der Waals surface area contributed by atoms with Crippen LogP contribution in [0.2, 0.25) is 0 Å². The third kappa shape index (κ3) is 2.76. The number of fused-ring (bicyclic) bond motifs is 1. The van der Waals surface area contributed by atoms with E-state index in [0.29, 0.717) is 0 Å². The van der Waals surface area contributed by atoms with Gasteiger partial charge >= 0.3 is 0 Å². The summed E-state index contributed by atoms with van der Waals surface area (Å²) in [6, 6.07) is 13.7. The Bertz CT molecular complexity index is 640. The van der Waals surface area contributed by atoms with Gasteiger partial charge in [-0.2, -0.15) is 0 Å². The Balaban J connectivity index is 1.48. The number of nitrogens with two attached hydrogens (primary N) is 1. The summed E-state index contributed by atoms with van der Waals surface area (Å²) in [6.45, 7) is 5.76. The molecule has 0 spiro atoms. The highest BCUT2D eigenvalue weighted by Gasteiger charge is 2.31. The van der Waals surface area contributed by atoms with Crippen LogP contribution in [-0.2, 0) is 6.54 Å². The summed E-state index contributed by atoms with van der Waals surface area (Å²) in [5, 5.41) is 2.52. The zero-order valence-electron chi connectivity index (χ0n) is 12.5. The fourth-order valence-electron chi connectivity index (χ4n) is 3.41. The van der Waals surface area contributed by atoms with E-state index in [9.17, 15) is 0 Å². The van der Waals surface area contributed by atoms with Gasteiger partial charge in [-0.15, -0.1) is 0 Å². The van der Waals surface area contributed by atoms with E-state index in [1.54, 1.807) is 0 Å². The quantitative estimate of drug-likeness (QED) is 0.878. The summed E-state index contributed by atoms with van der Waals surface area (Å²) >= 11 is 0. The maximum Gasteiger partial charge on any atom is 0.0366 e. The average Bonchev–Trinajstić information content (AvgIpc) is 3.33. The van der Waals surface area contributed by atoms with Crippen molar-refractivity contribution in [2.24, 2.45) is 0 Å². The SMILES string of the molecule is Nc1cc2ccccc2cc1CN1CCN(C2CC2)CC1. The number of nitrogen functional groups attached to an aromatic ring is 1. The van der Waals surface area contributed by atoms with Gasteiger partial charge in [0, 0.05) is 44.5 Å². The lowest BCUT2D eigenvalue weighted by molar-refractivity contribution is 0.121. The third-order valence-corrected chi connectivity index (χ3v) is 4.87. The van der Waals surface area contributed by atoms with E-state index >= 15 is 0 Å². The van der Waals surface area contributed by atoms with Gasteiger partial charge in [0.05, 0.1) is 0 Å². The Hall–Kier alpha value is -1.58. The van der Waals surface area contributed by atoms with Gasteiger partial charge in [-0.05, 0) is 41.3 Å². The molecule has 2 aliphatic rings. The molecule has 3 nitrogen and oxygen atoms in total. The van der Waals surface area contributed by atoms with Gasteiger partial charge in [0.25, 0.3) is 0 Å². The molecule has 3 heteroatoms. The van der Waals surface area contributed by atoms with Crippen molar-refractivity contribution in [2.45, 2.75) is 25.4 Å². The van der Waals surface area contributed by atoms with Crippen LogP contribution in [0.3, 0.4) is 0 Å². The lowest BCUT2D eigenvalue weighted by Gasteiger charge is -2.35. The summed E-state index contributed by atoms with van der Waals surface area (Å²) in [4.78, 5) is 5.19. The number of nitrogens with zero attached hydrogens (tertiary/aromatic N) is 2. The van der Waals surface area contributed by atoms with Crippen LogP contribution in [0.4, 0.5) is 5.69 Å². The molecule has 110 valence electrons. The minimum absolute atomic E-state index is 0.901. The zero-order chi connectivity index (χ0) is 14.2. The number of anilines is 1. The predicted molar refractivity (Wildman–Crippen MR) is 88.2 cm³/mol. The topological polar surface area (TPSA) is 32.5 Å². The van der Waals surface area contributed by atoms with Crippen molar-refractivity contribution in [3.8, 4) is 0 Å². The minimum atomic E-state index is 0.901. The van der Waals surface area contributed by atoms with Crippen LogP contribution in [0.5, 0.6) is 0 Å². The van der Waals surface area contributed by atoms with Gasteiger partial charge < -0.3 is 5.73 Å². The van der Waals surface area contributed by atoms with Gasteiger partial charge in [0.15, 0.2) is 0 Å². The predicted octanol–water partition coefficient (Wildman–Crippen LogP) is 2.70. The second-order valence-corrected chi connectivity index (χ2v) is 6.44. The summed E-state index contributed by atoms with van der Waals surface area (Å²) < 4.78 is 0. The smallest absolute Gasteiger partial charge is 0.0366 e. The van der Waals surface area contributed by atoms with Gasteiger partial charge in [-0.25, -0.2) is 0 Å². The van der Waals surface area contributed by atoms with Crippen LogP contribution in [-0.4, -0.2) is 42.0 Å². The van der Waals surface area contributed by atoms with E-state index in [0.717, 1.165) is 18.3 Å². The molecule has 2 aromatic carbocycles. The largest absolute Gasteiger partial charge is 0.398 e. The lowest BCUT2D eigenvalue weighted by atomic mass is 10.0. The maximum atomic E-state index is 6.25. The second-order valence-electron chi connectivity index (χ2n) is 6.44. The molecule has 2 N–H and O–H groups in total. The van der Waals surface area contributed by atoms with Crippen LogP contribution in [0, 0.1) is 0 Å². The van der Waals surface area contributed by atoms with E-state index in [4.69, 9.17) is 5.73 Å². The van der Waals surface area contributed by atoms with Crippen LogP contribution in [0.15, 0.2) is 36.4 Å². The van der Waals surface area contributed by atoms with Crippen molar-refractivity contribution in [3.05, 3.63) is 42.0 Å². The maximum absolute atomic E-state index is 6.25. The summed E-state index contributed by atoms with van der Waals surface area (Å²) in [5.74, 6) is 0. The Morgan fingerprint density at radius 2 is 1.62 bits per heavy atom. The van der Waals surface area contributed by atoms with Gasteiger partial charge in [-0.3, -0.25) is 9.80 Å². The van der Waals surface area contributed by atoms with Crippen molar-refractivity contribution in [1.82, 2.24) is 9.80 Å². The summed E-state index contributed by atoms with van der Waals surface area (Å²) in [7, 11) is 0. The molecule has 0 amide bonds. The molecule has 21 heavy (non-hydrogen) atoms. The van der Waals surface area contributed by atoms with Gasteiger partial charge in [0.1, 0.15) is 0 Å². The molecule has 1 saturated carbocycles. The molecule has 0 radical (unpaired) electrons. The van der Waals surface area contributed by atoms with E-state index < -0.39 is 0 Å². The minimum Gasteiger partial charge on any atom is -0.398 e. The molecule has 4 rings (SSSR count). The van der Waals surface area contributed by atoms with Crippen molar-refractivity contribution < 1.29 is 0 Å². The van der Waals surface area contributed by atoms with Gasteiger partial charge in [0.2, 0.25) is 0 Å².